The molecule has 0 aliphatic rings. The first-order chi connectivity index (χ1) is 7.95. The van der Waals surface area contributed by atoms with Gasteiger partial charge in [0.25, 0.3) is 5.91 Å². The third-order valence-electron chi connectivity index (χ3n) is 2.84. The molecule has 1 amide bonds. The third-order valence-corrected chi connectivity index (χ3v) is 2.84. The predicted molar refractivity (Wildman–Crippen MR) is 68.9 cm³/mol. The predicted octanol–water partition coefficient (Wildman–Crippen LogP) is 1.41. The van der Waals surface area contributed by atoms with Gasteiger partial charge in [0.15, 0.2) is 0 Å². The topological polar surface area (TPSA) is 68.0 Å². The Bertz CT molecular complexity index is 402. The lowest BCUT2D eigenvalue weighted by Crippen LogP contribution is -2.43. The molecule has 0 aliphatic carbocycles. The number of hydrogen-bond donors (Lipinski definition) is 2. The molecule has 0 bridgehead atoms. The molecule has 94 valence electrons. The summed E-state index contributed by atoms with van der Waals surface area (Å²) < 4.78 is 0. The van der Waals surface area contributed by atoms with Crippen molar-refractivity contribution in [1.29, 1.82) is 0 Å². The molecule has 17 heavy (non-hydrogen) atoms. The molecule has 1 heterocycles. The lowest BCUT2D eigenvalue weighted by atomic mass is 10.0. The average molecular weight is 235 g/mol. The summed E-state index contributed by atoms with van der Waals surface area (Å²) in [5.74, 6) is 0.224. The molecule has 0 aromatic carbocycles. The maximum atomic E-state index is 12.0. The quantitative estimate of drug-likeness (QED) is 0.829. The summed E-state index contributed by atoms with van der Waals surface area (Å²) in [5.41, 5.74) is 7.92. The molecule has 1 atom stereocenters. The first-order valence-electron chi connectivity index (χ1n) is 5.91. The number of nitrogens with zero attached hydrogens (tertiary/aromatic N) is 1. The Hall–Kier alpha value is -1.42. The number of pyridine rings is 1. The van der Waals surface area contributed by atoms with Crippen molar-refractivity contribution in [3.63, 3.8) is 0 Å². The van der Waals surface area contributed by atoms with Crippen molar-refractivity contribution in [2.24, 2.45) is 11.7 Å². The van der Waals surface area contributed by atoms with Crippen LogP contribution in [0, 0.1) is 19.8 Å². The molecular formula is C13H21N3O. The highest BCUT2D eigenvalue weighted by molar-refractivity contribution is 5.95. The maximum absolute atomic E-state index is 12.0. The van der Waals surface area contributed by atoms with Crippen molar-refractivity contribution < 1.29 is 4.79 Å². The summed E-state index contributed by atoms with van der Waals surface area (Å²) in [6, 6.07) is 3.65. The average Bonchev–Trinajstić information content (AvgIpc) is 2.24. The van der Waals surface area contributed by atoms with E-state index in [-0.39, 0.29) is 11.9 Å². The molecule has 0 aliphatic heterocycles. The van der Waals surface area contributed by atoms with Crippen LogP contribution in [0.1, 0.15) is 35.6 Å². The van der Waals surface area contributed by atoms with Gasteiger partial charge in [-0.15, -0.1) is 0 Å². The molecule has 0 spiro atoms. The highest BCUT2D eigenvalue weighted by Crippen LogP contribution is 2.08. The lowest BCUT2D eigenvalue weighted by molar-refractivity contribution is 0.0926. The van der Waals surface area contributed by atoms with E-state index in [2.05, 4.69) is 10.3 Å². The van der Waals surface area contributed by atoms with E-state index in [0.717, 1.165) is 11.4 Å². The van der Waals surface area contributed by atoms with Gasteiger partial charge in [-0.3, -0.25) is 9.78 Å². The normalized spacial score (nSPS) is 12.6. The van der Waals surface area contributed by atoms with Crippen LogP contribution in [0.4, 0.5) is 0 Å². The van der Waals surface area contributed by atoms with E-state index in [9.17, 15) is 4.79 Å². The highest BCUT2D eigenvalue weighted by atomic mass is 16.1. The number of aromatic nitrogens is 1. The molecule has 1 aromatic heterocycles. The van der Waals surface area contributed by atoms with Crippen LogP contribution in [-0.4, -0.2) is 23.5 Å². The van der Waals surface area contributed by atoms with Crippen LogP contribution in [0.5, 0.6) is 0 Å². The number of nitrogens with two attached hydrogens (primary N) is 1. The molecule has 3 N–H and O–H groups in total. The Morgan fingerprint density at radius 1 is 1.41 bits per heavy atom. The zero-order valence-electron chi connectivity index (χ0n) is 10.9. The summed E-state index contributed by atoms with van der Waals surface area (Å²) in [7, 11) is 0. The fourth-order valence-electron chi connectivity index (χ4n) is 1.67. The number of aryl methyl sites for hydroxylation is 2. The number of carbonyl (C=O) groups is 1. The molecule has 1 unspecified atom stereocenters. The van der Waals surface area contributed by atoms with Gasteiger partial charge < -0.3 is 11.1 Å². The third kappa shape index (κ3) is 3.53. The Kier molecular flexibility index (Phi) is 4.63. The Morgan fingerprint density at radius 3 is 2.53 bits per heavy atom. The lowest BCUT2D eigenvalue weighted by Gasteiger charge is -2.20. The number of nitrogens with one attached hydrogen (secondary N) is 1. The maximum Gasteiger partial charge on any atom is 0.253 e. The van der Waals surface area contributed by atoms with Crippen molar-refractivity contribution in [3.8, 4) is 0 Å². The summed E-state index contributed by atoms with van der Waals surface area (Å²) in [6.07, 6.45) is 0. The Morgan fingerprint density at radius 2 is 2.06 bits per heavy atom. The summed E-state index contributed by atoms with van der Waals surface area (Å²) >= 11 is 0. The van der Waals surface area contributed by atoms with Crippen molar-refractivity contribution >= 4 is 5.91 Å². The van der Waals surface area contributed by atoms with Crippen LogP contribution in [0.2, 0.25) is 0 Å². The Balaban J connectivity index is 2.82. The van der Waals surface area contributed by atoms with Crippen LogP contribution >= 0.6 is 0 Å². The summed E-state index contributed by atoms with van der Waals surface area (Å²) in [5, 5.41) is 2.94. The minimum atomic E-state index is -0.0980. The largest absolute Gasteiger partial charge is 0.348 e. The van der Waals surface area contributed by atoms with E-state index in [1.165, 1.54) is 0 Å². The second kappa shape index (κ2) is 5.77. The summed E-state index contributed by atoms with van der Waals surface area (Å²) in [4.78, 5) is 16.3. The first-order valence-corrected chi connectivity index (χ1v) is 5.91. The van der Waals surface area contributed by atoms with Crippen LogP contribution < -0.4 is 11.1 Å². The Labute approximate surface area is 103 Å². The van der Waals surface area contributed by atoms with Crippen molar-refractivity contribution in [2.45, 2.75) is 33.7 Å². The number of carbonyl (C=O) groups excluding carboxylic acids is 1. The highest BCUT2D eigenvalue weighted by Gasteiger charge is 2.17. The summed E-state index contributed by atoms with van der Waals surface area (Å²) in [6.45, 7) is 8.28. The smallest absolute Gasteiger partial charge is 0.253 e. The van der Waals surface area contributed by atoms with Gasteiger partial charge in [0.2, 0.25) is 0 Å². The molecule has 0 fully saturated rings. The molecule has 1 rings (SSSR count). The van der Waals surface area contributed by atoms with Gasteiger partial charge in [0.1, 0.15) is 0 Å². The number of hydrogen-bond acceptors (Lipinski definition) is 3. The van der Waals surface area contributed by atoms with E-state index in [0.29, 0.717) is 18.0 Å². The van der Waals surface area contributed by atoms with E-state index >= 15 is 0 Å². The van der Waals surface area contributed by atoms with E-state index in [1.807, 2.05) is 33.8 Å². The fourth-order valence-corrected chi connectivity index (χ4v) is 1.67. The molecule has 4 heteroatoms. The second-order valence-electron chi connectivity index (χ2n) is 4.65. The van der Waals surface area contributed by atoms with Crippen LogP contribution in [0.15, 0.2) is 12.1 Å². The molecule has 0 saturated heterocycles. The van der Waals surface area contributed by atoms with Gasteiger partial charge in [-0.2, -0.15) is 0 Å². The second-order valence-corrected chi connectivity index (χ2v) is 4.65. The van der Waals surface area contributed by atoms with Crippen LogP contribution in [-0.2, 0) is 0 Å². The van der Waals surface area contributed by atoms with Crippen molar-refractivity contribution in [3.05, 3.63) is 29.1 Å². The van der Waals surface area contributed by atoms with Crippen molar-refractivity contribution in [2.75, 3.05) is 6.54 Å². The van der Waals surface area contributed by atoms with Gasteiger partial charge in [-0.1, -0.05) is 13.8 Å². The van der Waals surface area contributed by atoms with Crippen LogP contribution in [0.25, 0.3) is 0 Å². The van der Waals surface area contributed by atoms with E-state index < -0.39 is 0 Å². The first kappa shape index (κ1) is 13.6. The van der Waals surface area contributed by atoms with Gasteiger partial charge in [-0.25, -0.2) is 0 Å². The molecule has 4 nitrogen and oxygen atoms in total. The van der Waals surface area contributed by atoms with Gasteiger partial charge in [-0.05, 0) is 31.9 Å². The van der Waals surface area contributed by atoms with Gasteiger partial charge in [0.05, 0.1) is 11.3 Å². The number of rotatable bonds is 4. The fraction of sp³-hybridized carbons (Fsp3) is 0.538. The molecule has 0 radical (unpaired) electrons. The zero-order chi connectivity index (χ0) is 13.0. The zero-order valence-corrected chi connectivity index (χ0v) is 10.9. The van der Waals surface area contributed by atoms with Gasteiger partial charge >= 0.3 is 0 Å². The number of amides is 1. The standard InChI is InChI=1S/C13H21N3O/c1-8(2)12(7-14)16-13(17)11-6-5-9(3)15-10(11)4/h5-6,8,12H,7,14H2,1-4H3,(H,16,17). The van der Waals surface area contributed by atoms with Crippen LogP contribution in [0.3, 0.4) is 0 Å². The minimum absolute atomic E-state index is 0.00297. The minimum Gasteiger partial charge on any atom is -0.348 e. The molecule has 0 saturated carbocycles. The van der Waals surface area contributed by atoms with Gasteiger partial charge in [0, 0.05) is 18.3 Å². The van der Waals surface area contributed by atoms with Crippen molar-refractivity contribution in [1.82, 2.24) is 10.3 Å². The van der Waals surface area contributed by atoms with E-state index in [1.54, 1.807) is 6.07 Å². The SMILES string of the molecule is Cc1ccc(C(=O)NC(CN)C(C)C)c(C)n1. The van der Waals surface area contributed by atoms with E-state index in [4.69, 9.17) is 5.73 Å². The molecular weight excluding hydrogens is 214 g/mol. The monoisotopic (exact) mass is 235 g/mol. The molecule has 1 aromatic rings.